The van der Waals surface area contributed by atoms with Crippen LogP contribution in [0.5, 0.6) is 0 Å². The lowest BCUT2D eigenvalue weighted by Gasteiger charge is -2.07. The summed E-state index contributed by atoms with van der Waals surface area (Å²) in [5, 5.41) is 5.40. The highest BCUT2D eigenvalue weighted by Gasteiger charge is 2.24. The molecular weight excluding hydrogens is 285 g/mol. The molecule has 0 atom stereocenters. The lowest BCUT2D eigenvalue weighted by molar-refractivity contribution is 0.0950. The molecule has 22 heavy (non-hydrogen) atoms. The molecule has 5 nitrogen and oxygen atoms in total. The van der Waals surface area contributed by atoms with Gasteiger partial charge in [-0.2, -0.15) is 0 Å². The van der Waals surface area contributed by atoms with Crippen molar-refractivity contribution in [3.63, 3.8) is 0 Å². The van der Waals surface area contributed by atoms with E-state index in [4.69, 9.17) is 0 Å². The fourth-order valence-corrected chi connectivity index (χ4v) is 1.95. The van der Waals surface area contributed by atoms with Gasteiger partial charge in [-0.25, -0.2) is 4.39 Å². The minimum Gasteiger partial charge on any atom is -0.349 e. The second-order valence-corrected chi connectivity index (χ2v) is 5.17. The molecule has 2 aromatic rings. The topological polar surface area (TPSA) is 71.1 Å². The molecular formula is C16H14FN3O2. The maximum atomic E-state index is 13.1. The van der Waals surface area contributed by atoms with E-state index < -0.39 is 11.7 Å². The molecule has 6 heteroatoms. The average Bonchev–Trinajstić information content (AvgIpc) is 3.31. The van der Waals surface area contributed by atoms with Crippen LogP contribution < -0.4 is 10.6 Å². The van der Waals surface area contributed by atoms with E-state index in [1.807, 2.05) is 0 Å². The molecule has 1 saturated carbocycles. The first-order valence-corrected chi connectivity index (χ1v) is 6.94. The smallest absolute Gasteiger partial charge is 0.257 e. The number of benzene rings is 1. The Morgan fingerprint density at radius 1 is 1.09 bits per heavy atom. The summed E-state index contributed by atoms with van der Waals surface area (Å²) in [6, 6.07) is 7.30. The van der Waals surface area contributed by atoms with Crippen LogP contribution in [0.2, 0.25) is 0 Å². The number of anilines is 1. The molecule has 1 aliphatic carbocycles. The second kappa shape index (κ2) is 5.93. The Bertz CT molecular complexity index is 729. The van der Waals surface area contributed by atoms with Crippen molar-refractivity contribution >= 4 is 17.5 Å². The molecule has 1 fully saturated rings. The van der Waals surface area contributed by atoms with Crippen molar-refractivity contribution in [2.75, 3.05) is 5.32 Å². The average molecular weight is 299 g/mol. The molecule has 112 valence electrons. The number of hydrogen-bond acceptors (Lipinski definition) is 3. The normalized spacial score (nSPS) is 13.5. The van der Waals surface area contributed by atoms with Gasteiger partial charge >= 0.3 is 0 Å². The van der Waals surface area contributed by atoms with Gasteiger partial charge < -0.3 is 10.6 Å². The standard InChI is InChI=1S/C16H14FN3O2/c17-12-2-1-3-14(7-12)20-16(22)11-6-10(8-18-9-11)15(21)19-13-4-5-13/h1-3,6-9,13H,4-5H2,(H,19,21)(H,20,22). The lowest BCUT2D eigenvalue weighted by atomic mass is 10.2. The molecule has 2 amide bonds. The van der Waals surface area contributed by atoms with Crippen molar-refractivity contribution in [1.82, 2.24) is 10.3 Å². The van der Waals surface area contributed by atoms with Crippen LogP contribution in [0.15, 0.2) is 42.7 Å². The fourth-order valence-electron chi connectivity index (χ4n) is 1.95. The molecule has 0 spiro atoms. The zero-order chi connectivity index (χ0) is 15.5. The second-order valence-electron chi connectivity index (χ2n) is 5.17. The van der Waals surface area contributed by atoms with Gasteiger partial charge in [0.25, 0.3) is 11.8 Å². The molecule has 0 bridgehead atoms. The van der Waals surface area contributed by atoms with Crippen LogP contribution in [-0.2, 0) is 0 Å². The summed E-state index contributed by atoms with van der Waals surface area (Å²) < 4.78 is 13.1. The predicted octanol–water partition coefficient (Wildman–Crippen LogP) is 2.37. The molecule has 1 aliphatic rings. The van der Waals surface area contributed by atoms with Crippen LogP contribution in [0, 0.1) is 5.82 Å². The SMILES string of the molecule is O=C(Nc1cccc(F)c1)c1cncc(C(=O)NC2CC2)c1. The van der Waals surface area contributed by atoms with Gasteiger partial charge in [0.2, 0.25) is 0 Å². The van der Waals surface area contributed by atoms with E-state index in [9.17, 15) is 14.0 Å². The van der Waals surface area contributed by atoms with E-state index in [1.54, 1.807) is 6.07 Å². The first-order chi connectivity index (χ1) is 10.6. The number of carbonyl (C=O) groups is 2. The Morgan fingerprint density at radius 3 is 2.50 bits per heavy atom. The summed E-state index contributed by atoms with van der Waals surface area (Å²) in [6.07, 6.45) is 4.75. The molecule has 2 N–H and O–H groups in total. The van der Waals surface area contributed by atoms with Gasteiger partial charge in [0.15, 0.2) is 0 Å². The Labute approximate surface area is 126 Å². The third kappa shape index (κ3) is 3.46. The number of nitrogens with zero attached hydrogens (tertiary/aromatic N) is 1. The monoisotopic (exact) mass is 299 g/mol. The van der Waals surface area contributed by atoms with Crippen LogP contribution in [0.1, 0.15) is 33.6 Å². The van der Waals surface area contributed by atoms with Crippen molar-refractivity contribution in [1.29, 1.82) is 0 Å². The van der Waals surface area contributed by atoms with Crippen LogP contribution in [0.25, 0.3) is 0 Å². The van der Waals surface area contributed by atoms with Gasteiger partial charge in [-0.15, -0.1) is 0 Å². The van der Waals surface area contributed by atoms with Crippen molar-refractivity contribution in [2.45, 2.75) is 18.9 Å². The Balaban J connectivity index is 1.73. The number of hydrogen-bond donors (Lipinski definition) is 2. The van der Waals surface area contributed by atoms with Gasteiger partial charge in [-0.3, -0.25) is 14.6 Å². The van der Waals surface area contributed by atoms with Crippen molar-refractivity contribution in [3.8, 4) is 0 Å². The first-order valence-electron chi connectivity index (χ1n) is 6.94. The molecule has 0 radical (unpaired) electrons. The summed E-state index contributed by atoms with van der Waals surface area (Å²) in [5.41, 5.74) is 0.921. The minimum atomic E-state index is -0.445. The fraction of sp³-hybridized carbons (Fsp3) is 0.188. The number of carbonyl (C=O) groups excluding carboxylic acids is 2. The summed E-state index contributed by atoms with van der Waals surface area (Å²) >= 11 is 0. The number of amides is 2. The maximum Gasteiger partial charge on any atom is 0.257 e. The quantitative estimate of drug-likeness (QED) is 0.910. The van der Waals surface area contributed by atoms with Gasteiger partial charge in [-0.1, -0.05) is 6.07 Å². The van der Waals surface area contributed by atoms with E-state index in [-0.39, 0.29) is 17.5 Å². The number of aromatic nitrogens is 1. The van der Waals surface area contributed by atoms with Crippen LogP contribution in [-0.4, -0.2) is 22.8 Å². The van der Waals surface area contributed by atoms with Gasteiger partial charge in [0, 0.05) is 24.1 Å². The molecule has 1 aromatic carbocycles. The van der Waals surface area contributed by atoms with Crippen molar-refractivity contribution in [3.05, 3.63) is 59.7 Å². The van der Waals surface area contributed by atoms with Gasteiger partial charge in [-0.05, 0) is 37.1 Å². The lowest BCUT2D eigenvalue weighted by Crippen LogP contribution is -2.26. The summed E-state index contributed by atoms with van der Waals surface area (Å²) in [7, 11) is 0. The third-order valence-electron chi connectivity index (χ3n) is 3.26. The molecule has 0 aliphatic heterocycles. The highest BCUT2D eigenvalue weighted by atomic mass is 19.1. The van der Waals surface area contributed by atoms with Crippen LogP contribution in [0.4, 0.5) is 10.1 Å². The van der Waals surface area contributed by atoms with Gasteiger partial charge in [0.05, 0.1) is 11.1 Å². The molecule has 0 saturated heterocycles. The summed E-state index contributed by atoms with van der Waals surface area (Å²) in [4.78, 5) is 28.0. The maximum absolute atomic E-state index is 13.1. The number of halogens is 1. The summed E-state index contributed by atoms with van der Waals surface area (Å²) in [6.45, 7) is 0. The largest absolute Gasteiger partial charge is 0.349 e. The highest BCUT2D eigenvalue weighted by Crippen LogP contribution is 2.19. The van der Waals surface area contributed by atoms with Gasteiger partial charge in [0.1, 0.15) is 5.82 Å². The Kier molecular flexibility index (Phi) is 3.82. The number of nitrogens with one attached hydrogen (secondary N) is 2. The highest BCUT2D eigenvalue weighted by molar-refractivity contribution is 6.05. The van der Waals surface area contributed by atoms with E-state index >= 15 is 0 Å². The Morgan fingerprint density at radius 2 is 1.82 bits per heavy atom. The number of rotatable bonds is 4. The van der Waals surface area contributed by atoms with Crippen LogP contribution >= 0.6 is 0 Å². The van der Waals surface area contributed by atoms with E-state index in [0.717, 1.165) is 12.8 Å². The predicted molar refractivity (Wildman–Crippen MR) is 79.1 cm³/mol. The molecule has 1 heterocycles. The summed E-state index contributed by atoms with van der Waals surface area (Å²) in [5.74, 6) is -1.12. The first kappa shape index (κ1) is 14.2. The zero-order valence-corrected chi connectivity index (χ0v) is 11.7. The van der Waals surface area contributed by atoms with E-state index in [0.29, 0.717) is 11.3 Å². The molecule has 0 unspecified atom stereocenters. The van der Waals surface area contributed by atoms with Crippen molar-refractivity contribution in [2.24, 2.45) is 0 Å². The minimum absolute atomic E-state index is 0.234. The van der Waals surface area contributed by atoms with Crippen LogP contribution in [0.3, 0.4) is 0 Å². The molecule has 3 rings (SSSR count). The third-order valence-corrected chi connectivity index (χ3v) is 3.26. The van der Waals surface area contributed by atoms with Crippen molar-refractivity contribution < 1.29 is 14.0 Å². The van der Waals surface area contributed by atoms with E-state index in [1.165, 1.54) is 36.7 Å². The zero-order valence-electron chi connectivity index (χ0n) is 11.7. The van der Waals surface area contributed by atoms with E-state index in [2.05, 4.69) is 15.6 Å². The molecule has 1 aromatic heterocycles. The Hall–Kier alpha value is -2.76. The number of pyridine rings is 1.